The van der Waals surface area contributed by atoms with Crippen molar-refractivity contribution in [3.8, 4) is 0 Å². The van der Waals surface area contributed by atoms with Crippen LogP contribution >= 0.6 is 28.1 Å². The molecule has 0 aromatic heterocycles. The Morgan fingerprint density at radius 3 is 2.43 bits per heavy atom. The molecule has 3 nitrogen and oxygen atoms in total. The molecule has 5 heteroatoms. The first kappa shape index (κ1) is 14.5. The Balaban J connectivity index is 1.83. The monoisotopic (exact) mass is 383 g/mol. The molecule has 0 radical (unpaired) electrons. The van der Waals surface area contributed by atoms with E-state index in [9.17, 15) is 0 Å². The number of nitrogens with one attached hydrogen (secondary N) is 2. The van der Waals surface area contributed by atoms with Gasteiger partial charge in [-0.3, -0.25) is 4.31 Å². The van der Waals surface area contributed by atoms with Crippen molar-refractivity contribution in [2.24, 2.45) is 0 Å². The molecular formula is C18H14BrN3S. The zero-order valence-corrected chi connectivity index (χ0v) is 14.6. The molecule has 2 N–H and O–H groups in total. The van der Waals surface area contributed by atoms with E-state index in [0.717, 1.165) is 32.9 Å². The van der Waals surface area contributed by atoms with Gasteiger partial charge in [0.25, 0.3) is 0 Å². The number of hydrogen-bond acceptors (Lipinski definition) is 4. The minimum atomic E-state index is 1.04. The van der Waals surface area contributed by atoms with Crippen LogP contribution in [-0.2, 0) is 0 Å². The van der Waals surface area contributed by atoms with Gasteiger partial charge in [-0.2, -0.15) is 0 Å². The third-order valence-electron chi connectivity index (χ3n) is 3.61. The fourth-order valence-electron chi connectivity index (χ4n) is 2.51. The Bertz CT molecular complexity index is 839. The number of hydrogen-bond donors (Lipinski definition) is 2. The van der Waals surface area contributed by atoms with Crippen LogP contribution in [0.4, 0.5) is 28.4 Å². The lowest BCUT2D eigenvalue weighted by Gasteiger charge is -2.29. The van der Waals surface area contributed by atoms with E-state index < -0.39 is 0 Å². The molecular weight excluding hydrogens is 370 g/mol. The van der Waals surface area contributed by atoms with Crippen molar-refractivity contribution >= 4 is 56.5 Å². The number of benzene rings is 3. The standard InChI is InChI=1S/C18H14BrN3S/c19-13-10-11-15-17(12-13)21-23-22(14-6-2-1-3-7-14)18-9-5-4-8-16(18)20-15/h1-12,20-21H. The number of nitrogens with zero attached hydrogens (tertiary/aromatic N) is 1. The number of para-hydroxylation sites is 3. The number of fused-ring (bicyclic) bond motifs is 2. The van der Waals surface area contributed by atoms with Gasteiger partial charge in [-0.15, -0.1) is 0 Å². The van der Waals surface area contributed by atoms with E-state index in [4.69, 9.17) is 0 Å². The third-order valence-corrected chi connectivity index (χ3v) is 5.01. The largest absolute Gasteiger partial charge is 0.352 e. The van der Waals surface area contributed by atoms with Gasteiger partial charge in [0.1, 0.15) is 0 Å². The van der Waals surface area contributed by atoms with E-state index in [-0.39, 0.29) is 0 Å². The summed E-state index contributed by atoms with van der Waals surface area (Å²) < 4.78 is 6.68. The third kappa shape index (κ3) is 2.90. The molecule has 0 atom stereocenters. The molecule has 1 aliphatic heterocycles. The first-order valence-corrected chi connectivity index (χ1v) is 8.82. The number of rotatable bonds is 1. The second-order valence-corrected chi connectivity index (χ2v) is 6.82. The average Bonchev–Trinajstić information content (AvgIpc) is 2.57. The zero-order chi connectivity index (χ0) is 15.6. The lowest BCUT2D eigenvalue weighted by molar-refractivity contribution is 1.40. The van der Waals surface area contributed by atoms with E-state index in [1.54, 1.807) is 12.1 Å². The summed E-state index contributed by atoms with van der Waals surface area (Å²) in [5, 5.41) is 3.53. The van der Waals surface area contributed by atoms with Crippen LogP contribution in [0.25, 0.3) is 0 Å². The molecule has 0 fully saturated rings. The lowest BCUT2D eigenvalue weighted by Crippen LogP contribution is -2.14. The van der Waals surface area contributed by atoms with Crippen LogP contribution in [0.15, 0.2) is 77.3 Å². The molecule has 3 aromatic carbocycles. The van der Waals surface area contributed by atoms with Crippen LogP contribution in [0, 0.1) is 0 Å². The summed E-state index contributed by atoms with van der Waals surface area (Å²) in [5.74, 6) is 0. The normalized spacial score (nSPS) is 13.0. The molecule has 0 amide bonds. The maximum absolute atomic E-state index is 3.54. The van der Waals surface area contributed by atoms with Crippen molar-refractivity contribution in [2.75, 3.05) is 14.3 Å². The van der Waals surface area contributed by atoms with E-state index in [1.807, 2.05) is 18.2 Å². The van der Waals surface area contributed by atoms with E-state index >= 15 is 0 Å². The van der Waals surface area contributed by atoms with Gasteiger partial charge in [-0.1, -0.05) is 46.3 Å². The van der Waals surface area contributed by atoms with Crippen LogP contribution in [0.2, 0.25) is 0 Å². The zero-order valence-electron chi connectivity index (χ0n) is 12.2. The first-order chi connectivity index (χ1) is 11.3. The molecule has 0 saturated heterocycles. The predicted octanol–water partition coefficient (Wildman–Crippen LogP) is 6.32. The maximum Gasteiger partial charge on any atom is 0.0776 e. The van der Waals surface area contributed by atoms with Gasteiger partial charge in [0.05, 0.1) is 40.6 Å². The van der Waals surface area contributed by atoms with Crippen molar-refractivity contribution in [1.82, 2.24) is 0 Å². The number of anilines is 5. The fourth-order valence-corrected chi connectivity index (χ4v) is 3.71. The van der Waals surface area contributed by atoms with Crippen LogP contribution < -0.4 is 14.3 Å². The molecule has 3 aromatic rings. The van der Waals surface area contributed by atoms with E-state index in [1.165, 1.54) is 0 Å². The van der Waals surface area contributed by atoms with Crippen molar-refractivity contribution in [3.63, 3.8) is 0 Å². The van der Waals surface area contributed by atoms with Gasteiger partial charge in [0.15, 0.2) is 0 Å². The van der Waals surface area contributed by atoms with Gasteiger partial charge in [0.2, 0.25) is 0 Å². The summed E-state index contributed by atoms with van der Waals surface area (Å²) in [5.41, 5.74) is 5.41. The van der Waals surface area contributed by atoms with Crippen molar-refractivity contribution in [1.29, 1.82) is 0 Å². The minimum Gasteiger partial charge on any atom is -0.352 e. The van der Waals surface area contributed by atoms with Gasteiger partial charge in [-0.25, -0.2) is 0 Å². The summed E-state index contributed by atoms with van der Waals surface area (Å²) >= 11 is 5.10. The molecule has 0 spiro atoms. The smallest absolute Gasteiger partial charge is 0.0776 e. The Morgan fingerprint density at radius 2 is 1.57 bits per heavy atom. The molecule has 0 saturated carbocycles. The highest BCUT2D eigenvalue weighted by Crippen LogP contribution is 2.43. The second-order valence-electron chi connectivity index (χ2n) is 5.16. The Hall–Kier alpha value is -2.11. The quantitative estimate of drug-likeness (QED) is 0.480. The SMILES string of the molecule is Brc1ccc2c(c1)NSN(c1ccccc1)c1ccccc1N2. The number of halogens is 1. The minimum absolute atomic E-state index is 1.04. The average molecular weight is 384 g/mol. The fraction of sp³-hybridized carbons (Fsp3) is 0. The Morgan fingerprint density at radius 1 is 0.783 bits per heavy atom. The highest BCUT2D eigenvalue weighted by atomic mass is 79.9. The highest BCUT2D eigenvalue weighted by molar-refractivity contribution is 9.10. The topological polar surface area (TPSA) is 27.3 Å². The van der Waals surface area contributed by atoms with Crippen LogP contribution in [0.1, 0.15) is 0 Å². The van der Waals surface area contributed by atoms with E-state index in [2.05, 4.69) is 84.9 Å². The summed E-state index contributed by atoms with van der Waals surface area (Å²) in [6.07, 6.45) is 0. The summed E-state index contributed by atoms with van der Waals surface area (Å²) in [4.78, 5) is 0. The Kier molecular flexibility index (Phi) is 3.89. The van der Waals surface area contributed by atoms with Crippen molar-refractivity contribution < 1.29 is 0 Å². The maximum atomic E-state index is 3.54. The molecule has 0 aliphatic carbocycles. The Labute approximate surface area is 148 Å². The summed E-state index contributed by atoms with van der Waals surface area (Å²) in [6, 6.07) is 24.9. The molecule has 0 bridgehead atoms. The van der Waals surface area contributed by atoms with Crippen LogP contribution in [0.3, 0.4) is 0 Å². The van der Waals surface area contributed by atoms with Gasteiger partial charge >= 0.3 is 0 Å². The second kappa shape index (κ2) is 6.18. The van der Waals surface area contributed by atoms with Gasteiger partial charge < -0.3 is 10.0 Å². The van der Waals surface area contributed by atoms with Gasteiger partial charge in [0, 0.05) is 4.47 Å². The molecule has 4 rings (SSSR count). The van der Waals surface area contributed by atoms with Crippen molar-refractivity contribution in [2.45, 2.75) is 0 Å². The predicted molar refractivity (Wildman–Crippen MR) is 104 cm³/mol. The molecule has 0 unspecified atom stereocenters. The summed E-state index contributed by atoms with van der Waals surface area (Å²) in [7, 11) is 0. The van der Waals surface area contributed by atoms with Gasteiger partial charge in [-0.05, 0) is 42.5 Å². The molecule has 1 aliphatic rings. The highest BCUT2D eigenvalue weighted by Gasteiger charge is 2.18. The lowest BCUT2D eigenvalue weighted by atomic mass is 10.2. The molecule has 1 heterocycles. The molecule has 114 valence electrons. The van der Waals surface area contributed by atoms with Crippen LogP contribution in [-0.4, -0.2) is 0 Å². The van der Waals surface area contributed by atoms with Crippen molar-refractivity contribution in [3.05, 3.63) is 77.3 Å². The molecule has 23 heavy (non-hydrogen) atoms. The van der Waals surface area contributed by atoms with E-state index in [0.29, 0.717) is 0 Å². The summed E-state index contributed by atoms with van der Waals surface area (Å²) in [6.45, 7) is 0. The van der Waals surface area contributed by atoms with Crippen LogP contribution in [0.5, 0.6) is 0 Å². The first-order valence-electron chi connectivity index (χ1n) is 7.25.